The smallest absolute Gasteiger partial charge is 0.239 e. The number of nitrogens with zero attached hydrogens (tertiary/aromatic N) is 1. The van der Waals surface area contributed by atoms with Crippen LogP contribution in [-0.2, 0) is 14.8 Å². The highest BCUT2D eigenvalue weighted by atomic mass is 32.2. The van der Waals surface area contributed by atoms with Gasteiger partial charge in [-0.2, -0.15) is 4.31 Å². The van der Waals surface area contributed by atoms with E-state index in [1.807, 2.05) is 6.26 Å². The molecule has 0 aromatic carbocycles. The summed E-state index contributed by atoms with van der Waals surface area (Å²) in [7, 11) is -3.43. The molecule has 5 rings (SSSR count). The van der Waals surface area contributed by atoms with Crippen LogP contribution < -0.4 is 5.32 Å². The van der Waals surface area contributed by atoms with Crippen LogP contribution in [0.1, 0.15) is 71.1 Å². The van der Waals surface area contributed by atoms with E-state index < -0.39 is 10.0 Å². The summed E-state index contributed by atoms with van der Waals surface area (Å²) in [5, 5.41) is 5.06. The molecule has 4 saturated carbocycles. The van der Waals surface area contributed by atoms with E-state index in [1.54, 1.807) is 9.71 Å². The van der Waals surface area contributed by atoms with Gasteiger partial charge in [-0.3, -0.25) is 4.79 Å². The number of rotatable bonds is 10. The second-order valence-corrected chi connectivity index (χ2v) is 13.4. The topological polar surface area (TPSA) is 66.5 Å². The largest absolute Gasteiger partial charge is 0.355 e. The van der Waals surface area contributed by atoms with E-state index in [9.17, 15) is 13.2 Å². The van der Waals surface area contributed by atoms with Crippen molar-refractivity contribution in [2.24, 2.45) is 29.1 Å². The van der Waals surface area contributed by atoms with E-state index in [1.165, 1.54) is 31.0 Å². The fraction of sp³-hybridized carbons (Fsp3) is 0.800. The lowest BCUT2D eigenvalue weighted by molar-refractivity contribution is -0.146. The minimum atomic E-state index is -3.43. The molecular weight excluding hydrogens is 440 g/mol. The second kappa shape index (κ2) is 10.2. The Morgan fingerprint density at radius 3 is 2.38 bits per heavy atom. The van der Waals surface area contributed by atoms with E-state index in [0.29, 0.717) is 31.0 Å². The summed E-state index contributed by atoms with van der Waals surface area (Å²) in [5.74, 6) is 2.73. The van der Waals surface area contributed by atoms with Crippen molar-refractivity contribution in [3.8, 4) is 0 Å². The molecular formula is C25H40N2O3S2. The van der Waals surface area contributed by atoms with Crippen LogP contribution >= 0.6 is 11.8 Å². The van der Waals surface area contributed by atoms with Gasteiger partial charge in [0.2, 0.25) is 15.9 Å². The van der Waals surface area contributed by atoms with Crippen LogP contribution in [0, 0.1) is 29.1 Å². The monoisotopic (exact) mass is 480 g/mol. The normalized spacial score (nSPS) is 35.1. The number of carbonyl (C=O) groups is 1. The first kappa shape index (κ1) is 24.3. The Hall–Kier alpha value is -0.790. The maximum Gasteiger partial charge on any atom is 0.239 e. The van der Waals surface area contributed by atoms with Crippen LogP contribution in [0.15, 0.2) is 22.5 Å². The Morgan fingerprint density at radius 2 is 1.78 bits per heavy atom. The maximum atomic E-state index is 13.2. The molecule has 1 aliphatic heterocycles. The minimum absolute atomic E-state index is 0.126. The molecule has 1 amide bonds. The van der Waals surface area contributed by atoms with Gasteiger partial charge in [0.05, 0.1) is 4.91 Å². The van der Waals surface area contributed by atoms with Crippen LogP contribution in [0.4, 0.5) is 0 Å². The number of thioether (sulfide) groups is 1. The summed E-state index contributed by atoms with van der Waals surface area (Å²) < 4.78 is 28.1. The van der Waals surface area contributed by atoms with E-state index in [0.717, 1.165) is 56.3 Å². The number of sulfonamides is 1. The van der Waals surface area contributed by atoms with Crippen molar-refractivity contribution >= 4 is 27.7 Å². The van der Waals surface area contributed by atoms with Gasteiger partial charge < -0.3 is 5.32 Å². The molecule has 0 aromatic rings. The summed E-state index contributed by atoms with van der Waals surface area (Å²) >= 11 is 1.45. The Bertz CT molecular complexity index is 814. The number of hydrogen-bond acceptors (Lipinski definition) is 4. The van der Waals surface area contributed by atoms with Crippen molar-refractivity contribution in [3.05, 3.63) is 22.5 Å². The first-order valence-corrected chi connectivity index (χ1v) is 15.2. The first-order chi connectivity index (χ1) is 15.4. The van der Waals surface area contributed by atoms with Crippen molar-refractivity contribution in [1.82, 2.24) is 9.62 Å². The Balaban J connectivity index is 1.30. The van der Waals surface area contributed by atoms with Crippen molar-refractivity contribution in [2.75, 3.05) is 25.9 Å². The molecule has 5 nitrogen and oxygen atoms in total. The van der Waals surface area contributed by atoms with Crippen LogP contribution in [-0.4, -0.2) is 44.5 Å². The molecule has 5 aliphatic rings. The number of carbonyl (C=O) groups excluding carboxylic acids is 1. The third kappa shape index (κ3) is 5.15. The number of amides is 1. The quantitative estimate of drug-likeness (QED) is 0.451. The molecule has 4 aliphatic carbocycles. The van der Waals surface area contributed by atoms with Gasteiger partial charge in [0.15, 0.2) is 0 Å². The highest BCUT2D eigenvalue weighted by Gasteiger charge is 2.54. The van der Waals surface area contributed by atoms with Gasteiger partial charge >= 0.3 is 0 Å². The summed E-state index contributed by atoms with van der Waals surface area (Å²) in [6.45, 7) is 3.75. The first-order valence-electron chi connectivity index (χ1n) is 12.5. The number of nitrogens with one attached hydrogen (secondary N) is 1. The van der Waals surface area contributed by atoms with Crippen LogP contribution in [0.5, 0.6) is 0 Å². The third-order valence-electron chi connectivity index (χ3n) is 8.20. The van der Waals surface area contributed by atoms with Gasteiger partial charge in [0.1, 0.15) is 0 Å². The summed E-state index contributed by atoms with van der Waals surface area (Å²) in [4.78, 5) is 13.8. The molecule has 0 aromatic heterocycles. The fourth-order valence-electron chi connectivity index (χ4n) is 7.05. The molecule has 4 bridgehead atoms. The fourth-order valence-corrected chi connectivity index (χ4v) is 9.67. The van der Waals surface area contributed by atoms with Gasteiger partial charge in [0, 0.05) is 25.0 Å². The van der Waals surface area contributed by atoms with E-state index in [4.69, 9.17) is 0 Å². The van der Waals surface area contributed by atoms with Crippen molar-refractivity contribution in [2.45, 2.75) is 71.1 Å². The predicted octanol–water partition coefficient (Wildman–Crippen LogP) is 4.92. The highest BCUT2D eigenvalue weighted by molar-refractivity contribution is 8.02. The SMILES string of the molecule is CC/C=C\CC/C(=C\SC)S(=O)(=O)N1CCC(CNC(=O)C23CC4CC(CC(C4)C2)C3)C1. The zero-order valence-electron chi connectivity index (χ0n) is 19.7. The molecule has 0 spiro atoms. The lowest BCUT2D eigenvalue weighted by Crippen LogP contribution is -2.54. The lowest BCUT2D eigenvalue weighted by Gasteiger charge is -2.55. The van der Waals surface area contributed by atoms with E-state index in [-0.39, 0.29) is 17.2 Å². The zero-order valence-corrected chi connectivity index (χ0v) is 21.4. The molecule has 32 heavy (non-hydrogen) atoms. The predicted molar refractivity (Wildman–Crippen MR) is 132 cm³/mol. The third-order valence-corrected chi connectivity index (χ3v) is 10.9. The molecule has 1 saturated heterocycles. The van der Waals surface area contributed by atoms with Crippen molar-refractivity contribution in [3.63, 3.8) is 0 Å². The van der Waals surface area contributed by atoms with Gasteiger partial charge in [-0.15, -0.1) is 11.8 Å². The van der Waals surface area contributed by atoms with Crippen molar-refractivity contribution in [1.29, 1.82) is 0 Å². The van der Waals surface area contributed by atoms with Crippen LogP contribution in [0.3, 0.4) is 0 Å². The average Bonchev–Trinajstić information content (AvgIpc) is 3.23. The summed E-state index contributed by atoms with van der Waals surface area (Å²) in [6.07, 6.45) is 16.4. The maximum absolute atomic E-state index is 13.2. The van der Waals surface area contributed by atoms with Crippen LogP contribution in [0.2, 0.25) is 0 Å². The number of hydrogen-bond donors (Lipinski definition) is 1. The lowest BCUT2D eigenvalue weighted by atomic mass is 9.49. The molecule has 1 atom stereocenters. The molecule has 5 fully saturated rings. The number of allylic oxidation sites excluding steroid dienone is 3. The Labute approximate surface area is 198 Å². The molecule has 7 heteroatoms. The highest BCUT2D eigenvalue weighted by Crippen LogP contribution is 2.60. The molecule has 1 unspecified atom stereocenters. The Morgan fingerprint density at radius 1 is 1.12 bits per heavy atom. The standard InChI is InChI=1S/C25H40N2O3S2/c1-3-4-5-6-7-23(18-31-2)32(29,30)27-9-8-19(17-27)16-26-24(28)25-13-20-10-21(14-25)12-22(11-20)15-25/h4-5,18-22H,3,6-17H2,1-2H3,(H,26,28)/b5-4-,23-18+. The molecule has 1 heterocycles. The summed E-state index contributed by atoms with van der Waals surface area (Å²) in [5.41, 5.74) is -0.126. The summed E-state index contributed by atoms with van der Waals surface area (Å²) in [6, 6.07) is 0. The van der Waals surface area contributed by atoms with Gasteiger partial charge in [-0.25, -0.2) is 8.42 Å². The van der Waals surface area contributed by atoms with Gasteiger partial charge in [0.25, 0.3) is 0 Å². The minimum Gasteiger partial charge on any atom is -0.355 e. The zero-order chi connectivity index (χ0) is 22.8. The average molecular weight is 481 g/mol. The molecule has 0 radical (unpaired) electrons. The molecule has 180 valence electrons. The second-order valence-electron chi connectivity index (χ2n) is 10.7. The Kier molecular flexibility index (Phi) is 7.78. The van der Waals surface area contributed by atoms with Gasteiger partial charge in [-0.1, -0.05) is 19.1 Å². The molecule has 1 N–H and O–H groups in total. The van der Waals surface area contributed by atoms with Gasteiger partial charge in [-0.05, 0) is 99.5 Å². The van der Waals surface area contributed by atoms with E-state index >= 15 is 0 Å². The van der Waals surface area contributed by atoms with E-state index in [2.05, 4.69) is 24.4 Å². The van der Waals surface area contributed by atoms with Crippen molar-refractivity contribution < 1.29 is 13.2 Å². The van der Waals surface area contributed by atoms with Crippen LogP contribution in [0.25, 0.3) is 0 Å².